The Balaban J connectivity index is 2.67. The van der Waals surface area contributed by atoms with E-state index in [9.17, 15) is 0 Å². The molecule has 0 saturated heterocycles. The molecule has 2 N–H and O–H groups in total. The van der Waals surface area contributed by atoms with Crippen molar-refractivity contribution in [2.75, 3.05) is 5.73 Å². The first kappa shape index (κ1) is 9.60. The van der Waals surface area contributed by atoms with Gasteiger partial charge in [0.15, 0.2) is 0 Å². The van der Waals surface area contributed by atoms with Crippen LogP contribution in [-0.2, 0) is 0 Å². The van der Waals surface area contributed by atoms with Crippen LogP contribution in [0.1, 0.15) is 0 Å². The summed E-state index contributed by atoms with van der Waals surface area (Å²) in [5.74, 6) is 0.579. The van der Waals surface area contributed by atoms with Crippen LogP contribution in [-0.4, -0.2) is 4.98 Å². The second-order valence-electron chi connectivity index (χ2n) is 3.70. The number of hydrogen-bond acceptors (Lipinski definition) is 2. The summed E-state index contributed by atoms with van der Waals surface area (Å²) in [7, 11) is 0. The van der Waals surface area contributed by atoms with Gasteiger partial charge in [-0.2, -0.15) is 0 Å². The fourth-order valence-corrected chi connectivity index (χ4v) is 2.60. The van der Waals surface area contributed by atoms with Crippen molar-refractivity contribution >= 4 is 43.3 Å². The molecule has 0 bridgehead atoms. The zero-order chi connectivity index (χ0) is 11.1. The van der Waals surface area contributed by atoms with Crippen molar-refractivity contribution in [3.05, 3.63) is 47.1 Å². The molecule has 0 fully saturated rings. The summed E-state index contributed by atoms with van der Waals surface area (Å²) in [5.41, 5.74) is 5.96. The zero-order valence-electron chi connectivity index (χ0n) is 8.44. The Bertz CT molecular complexity index is 692. The lowest BCUT2D eigenvalue weighted by Gasteiger charge is -2.07. The van der Waals surface area contributed by atoms with Crippen LogP contribution in [0.5, 0.6) is 0 Å². The van der Waals surface area contributed by atoms with Gasteiger partial charge in [-0.25, -0.2) is 4.98 Å². The highest BCUT2D eigenvalue weighted by Gasteiger charge is 2.07. The molecule has 0 atom stereocenters. The normalized spacial score (nSPS) is 11.1. The average molecular weight is 273 g/mol. The fraction of sp³-hybridized carbons (Fsp3) is 0. The predicted molar refractivity (Wildman–Crippen MR) is 71.4 cm³/mol. The van der Waals surface area contributed by atoms with Crippen molar-refractivity contribution in [1.29, 1.82) is 0 Å². The third-order valence-corrected chi connectivity index (χ3v) is 3.41. The smallest absolute Gasteiger partial charge is 0.131 e. The molecule has 0 unspecified atom stereocenters. The maximum atomic E-state index is 5.96. The van der Waals surface area contributed by atoms with Gasteiger partial charge in [0.25, 0.3) is 0 Å². The van der Waals surface area contributed by atoms with Gasteiger partial charge >= 0.3 is 0 Å². The topological polar surface area (TPSA) is 38.9 Å². The highest BCUT2D eigenvalue weighted by atomic mass is 79.9. The Morgan fingerprint density at radius 2 is 1.88 bits per heavy atom. The Morgan fingerprint density at radius 3 is 2.75 bits per heavy atom. The molecule has 16 heavy (non-hydrogen) atoms. The maximum absolute atomic E-state index is 5.96. The second-order valence-corrected chi connectivity index (χ2v) is 4.55. The molecule has 1 heterocycles. The molecule has 2 aromatic carbocycles. The number of anilines is 1. The van der Waals surface area contributed by atoms with E-state index in [1.807, 2.05) is 18.2 Å². The third-order valence-electron chi connectivity index (χ3n) is 2.75. The van der Waals surface area contributed by atoms with Gasteiger partial charge in [-0.15, -0.1) is 0 Å². The van der Waals surface area contributed by atoms with Crippen LogP contribution in [0.4, 0.5) is 5.82 Å². The first-order valence-corrected chi connectivity index (χ1v) is 5.78. The van der Waals surface area contributed by atoms with E-state index in [-0.39, 0.29) is 0 Å². The lowest BCUT2D eigenvalue weighted by atomic mass is 10.0. The molecule has 0 amide bonds. The van der Waals surface area contributed by atoms with Gasteiger partial charge in [0, 0.05) is 21.4 Å². The van der Waals surface area contributed by atoms with Gasteiger partial charge in [0.2, 0.25) is 0 Å². The summed E-state index contributed by atoms with van der Waals surface area (Å²) in [6, 6.07) is 12.3. The van der Waals surface area contributed by atoms with Crippen molar-refractivity contribution in [1.82, 2.24) is 4.98 Å². The minimum Gasteiger partial charge on any atom is -0.383 e. The van der Waals surface area contributed by atoms with Gasteiger partial charge < -0.3 is 5.73 Å². The minimum atomic E-state index is 0.579. The summed E-state index contributed by atoms with van der Waals surface area (Å²) in [6.07, 6.45) is 1.73. The summed E-state index contributed by atoms with van der Waals surface area (Å²) in [5, 5.41) is 4.44. The van der Waals surface area contributed by atoms with Crippen LogP contribution in [0.25, 0.3) is 21.5 Å². The van der Waals surface area contributed by atoms with Crippen molar-refractivity contribution in [2.45, 2.75) is 0 Å². The number of fused-ring (bicyclic) bond motifs is 3. The van der Waals surface area contributed by atoms with Gasteiger partial charge in [0.1, 0.15) is 5.82 Å². The first-order valence-electron chi connectivity index (χ1n) is 4.99. The summed E-state index contributed by atoms with van der Waals surface area (Å²) in [6.45, 7) is 0. The number of nitrogens with zero attached hydrogens (tertiary/aromatic N) is 1. The molecule has 0 aliphatic carbocycles. The van der Waals surface area contributed by atoms with Crippen LogP contribution in [0.3, 0.4) is 0 Å². The number of halogens is 1. The van der Waals surface area contributed by atoms with Crippen molar-refractivity contribution in [3.63, 3.8) is 0 Å². The van der Waals surface area contributed by atoms with Gasteiger partial charge in [-0.05, 0) is 22.9 Å². The summed E-state index contributed by atoms with van der Waals surface area (Å²) >= 11 is 3.57. The number of aromatic nitrogens is 1. The third kappa shape index (κ3) is 1.28. The van der Waals surface area contributed by atoms with E-state index in [4.69, 9.17) is 5.73 Å². The van der Waals surface area contributed by atoms with Crippen LogP contribution in [0.15, 0.2) is 47.1 Å². The quantitative estimate of drug-likeness (QED) is 0.634. The van der Waals surface area contributed by atoms with E-state index in [1.54, 1.807) is 6.20 Å². The van der Waals surface area contributed by atoms with Crippen LogP contribution in [0.2, 0.25) is 0 Å². The van der Waals surface area contributed by atoms with Gasteiger partial charge in [-0.1, -0.05) is 40.2 Å². The molecule has 0 saturated carbocycles. The summed E-state index contributed by atoms with van der Waals surface area (Å²) < 4.78 is 1.05. The molecular formula is C13H9BrN2. The fourth-order valence-electron chi connectivity index (χ4n) is 2.02. The zero-order valence-corrected chi connectivity index (χ0v) is 10.0. The molecule has 0 spiro atoms. The largest absolute Gasteiger partial charge is 0.383 e. The van der Waals surface area contributed by atoms with Gasteiger partial charge in [-0.3, -0.25) is 0 Å². The maximum Gasteiger partial charge on any atom is 0.131 e. The first-order chi connectivity index (χ1) is 7.77. The number of rotatable bonds is 0. The average Bonchev–Trinajstić information content (AvgIpc) is 2.30. The Morgan fingerprint density at radius 1 is 1.06 bits per heavy atom. The molecule has 1 aromatic heterocycles. The van der Waals surface area contributed by atoms with E-state index in [2.05, 4.69) is 39.1 Å². The molecule has 0 aliphatic rings. The van der Waals surface area contributed by atoms with E-state index in [0.29, 0.717) is 5.82 Å². The molecular weight excluding hydrogens is 264 g/mol. The van der Waals surface area contributed by atoms with E-state index < -0.39 is 0 Å². The molecule has 3 rings (SSSR count). The predicted octanol–water partition coefficient (Wildman–Crippen LogP) is 3.73. The minimum absolute atomic E-state index is 0.579. The van der Waals surface area contributed by atoms with Gasteiger partial charge in [0.05, 0.1) is 0 Å². The Labute approximate surface area is 101 Å². The monoisotopic (exact) mass is 272 g/mol. The van der Waals surface area contributed by atoms with Crippen molar-refractivity contribution in [3.8, 4) is 0 Å². The lowest BCUT2D eigenvalue weighted by Crippen LogP contribution is -1.92. The second kappa shape index (κ2) is 3.46. The van der Waals surface area contributed by atoms with Crippen LogP contribution >= 0.6 is 15.9 Å². The standard InChI is InChI=1S/C13H9BrN2/c14-11-7-8-3-1-2-4-9(8)12-10(11)5-6-16-13(12)15/h1-7H,(H2,15,16). The number of hydrogen-bond donors (Lipinski definition) is 1. The summed E-state index contributed by atoms with van der Waals surface area (Å²) in [4.78, 5) is 4.16. The number of benzene rings is 2. The number of nitrogens with two attached hydrogens (primary N) is 1. The highest BCUT2D eigenvalue weighted by Crippen LogP contribution is 2.33. The Kier molecular flexibility index (Phi) is 2.07. The molecule has 3 heteroatoms. The van der Waals surface area contributed by atoms with E-state index >= 15 is 0 Å². The van der Waals surface area contributed by atoms with Crippen molar-refractivity contribution < 1.29 is 0 Å². The SMILES string of the molecule is Nc1nccc2c(Br)cc3ccccc3c12. The van der Waals surface area contributed by atoms with Crippen molar-refractivity contribution in [2.24, 2.45) is 0 Å². The van der Waals surface area contributed by atoms with E-state index in [1.165, 1.54) is 5.39 Å². The molecule has 3 aromatic rings. The molecule has 78 valence electrons. The Hall–Kier alpha value is -1.61. The number of pyridine rings is 1. The van der Waals surface area contributed by atoms with Crippen LogP contribution < -0.4 is 5.73 Å². The van der Waals surface area contributed by atoms with E-state index in [0.717, 1.165) is 20.6 Å². The highest BCUT2D eigenvalue weighted by molar-refractivity contribution is 9.10. The molecule has 0 aliphatic heterocycles. The van der Waals surface area contributed by atoms with Crippen LogP contribution in [0, 0.1) is 0 Å². The lowest BCUT2D eigenvalue weighted by molar-refractivity contribution is 1.37. The molecule has 0 radical (unpaired) electrons. The number of nitrogen functional groups attached to an aromatic ring is 1. The molecule has 2 nitrogen and oxygen atoms in total.